The van der Waals surface area contributed by atoms with Crippen molar-refractivity contribution in [3.8, 4) is 0 Å². The summed E-state index contributed by atoms with van der Waals surface area (Å²) in [5, 5.41) is 6.91. The number of furan rings is 1. The Balaban J connectivity index is 1.97. The van der Waals surface area contributed by atoms with Crippen molar-refractivity contribution in [1.29, 1.82) is 0 Å². The van der Waals surface area contributed by atoms with Crippen LogP contribution in [0.15, 0.2) is 27.8 Å². The summed E-state index contributed by atoms with van der Waals surface area (Å²) in [6, 6.07) is 4.76. The molecule has 2 N–H and O–H groups in total. The van der Waals surface area contributed by atoms with E-state index in [4.69, 9.17) is 9.41 Å². The van der Waals surface area contributed by atoms with Crippen LogP contribution in [0.1, 0.15) is 52.3 Å². The molecule has 0 aromatic carbocycles. The summed E-state index contributed by atoms with van der Waals surface area (Å²) in [6.45, 7) is 15.6. The van der Waals surface area contributed by atoms with Crippen molar-refractivity contribution >= 4 is 5.96 Å². The standard InChI is InChI=1S/C20H37N5O/c1-5-21-20(22-15-17(4)24(6-2)7-3)23-16-18(19-11-10-14-26-19)25-12-8-9-13-25/h10-11,14,17-18H,5-9,12-13,15-16H2,1-4H3,(H2,21,22,23). The zero-order valence-electron chi connectivity index (χ0n) is 17.0. The quantitative estimate of drug-likeness (QED) is 0.494. The van der Waals surface area contributed by atoms with Gasteiger partial charge in [0, 0.05) is 19.1 Å². The fourth-order valence-corrected chi connectivity index (χ4v) is 3.66. The topological polar surface area (TPSA) is 56.0 Å². The fraction of sp³-hybridized carbons (Fsp3) is 0.750. The van der Waals surface area contributed by atoms with Crippen LogP contribution in [-0.4, -0.2) is 67.6 Å². The number of rotatable bonds is 10. The molecule has 2 atom stereocenters. The first-order valence-electron chi connectivity index (χ1n) is 10.2. The van der Waals surface area contributed by atoms with Crippen LogP contribution in [0.5, 0.6) is 0 Å². The monoisotopic (exact) mass is 363 g/mol. The highest BCUT2D eigenvalue weighted by atomic mass is 16.3. The minimum atomic E-state index is 0.261. The molecular formula is C20H37N5O. The third kappa shape index (κ3) is 6.02. The average Bonchev–Trinajstić information content (AvgIpc) is 3.35. The Kier molecular flexibility index (Phi) is 8.98. The SMILES string of the molecule is CCNC(=NCC(C)N(CC)CC)NCC(c1ccco1)N1CCCC1. The van der Waals surface area contributed by atoms with Crippen molar-refractivity contribution in [2.24, 2.45) is 4.99 Å². The van der Waals surface area contributed by atoms with Crippen LogP contribution in [0, 0.1) is 0 Å². The Morgan fingerprint density at radius 3 is 2.54 bits per heavy atom. The lowest BCUT2D eigenvalue weighted by atomic mass is 10.2. The van der Waals surface area contributed by atoms with Crippen LogP contribution in [0.4, 0.5) is 0 Å². The molecule has 148 valence electrons. The van der Waals surface area contributed by atoms with E-state index < -0.39 is 0 Å². The average molecular weight is 364 g/mol. The first-order chi connectivity index (χ1) is 12.7. The number of aliphatic imine (C=N–C) groups is 1. The van der Waals surface area contributed by atoms with E-state index in [1.54, 1.807) is 6.26 Å². The first-order valence-corrected chi connectivity index (χ1v) is 10.2. The number of hydrogen-bond acceptors (Lipinski definition) is 4. The molecule has 1 aromatic heterocycles. The lowest BCUT2D eigenvalue weighted by Gasteiger charge is -2.27. The van der Waals surface area contributed by atoms with Gasteiger partial charge in [-0.1, -0.05) is 13.8 Å². The molecule has 1 aromatic rings. The van der Waals surface area contributed by atoms with E-state index in [0.717, 1.165) is 57.5 Å². The summed E-state index contributed by atoms with van der Waals surface area (Å²) in [6.07, 6.45) is 4.31. The van der Waals surface area contributed by atoms with Gasteiger partial charge in [-0.15, -0.1) is 0 Å². The van der Waals surface area contributed by atoms with Crippen LogP contribution in [0.2, 0.25) is 0 Å². The zero-order chi connectivity index (χ0) is 18.8. The highest BCUT2D eigenvalue weighted by molar-refractivity contribution is 5.79. The Morgan fingerprint density at radius 2 is 1.96 bits per heavy atom. The fourth-order valence-electron chi connectivity index (χ4n) is 3.66. The maximum absolute atomic E-state index is 5.71. The van der Waals surface area contributed by atoms with Crippen LogP contribution in [0.3, 0.4) is 0 Å². The van der Waals surface area contributed by atoms with E-state index in [2.05, 4.69) is 54.2 Å². The smallest absolute Gasteiger partial charge is 0.191 e. The van der Waals surface area contributed by atoms with Crippen molar-refractivity contribution in [2.75, 3.05) is 45.8 Å². The van der Waals surface area contributed by atoms with E-state index in [1.165, 1.54) is 12.8 Å². The third-order valence-electron chi connectivity index (χ3n) is 5.21. The maximum atomic E-state index is 5.71. The van der Waals surface area contributed by atoms with Gasteiger partial charge < -0.3 is 15.1 Å². The van der Waals surface area contributed by atoms with Gasteiger partial charge in [0.1, 0.15) is 5.76 Å². The van der Waals surface area contributed by atoms with Crippen LogP contribution >= 0.6 is 0 Å². The Hall–Kier alpha value is -1.53. The number of likely N-dealkylation sites (tertiary alicyclic amines) is 1. The molecule has 1 aliphatic heterocycles. The lowest BCUT2D eigenvalue weighted by Crippen LogP contribution is -2.43. The number of likely N-dealkylation sites (N-methyl/N-ethyl adjacent to an activating group) is 1. The molecular weight excluding hydrogens is 326 g/mol. The molecule has 26 heavy (non-hydrogen) atoms. The predicted octanol–water partition coefficient (Wildman–Crippen LogP) is 2.70. The molecule has 0 bridgehead atoms. The summed E-state index contributed by atoms with van der Waals surface area (Å²) in [4.78, 5) is 9.76. The summed E-state index contributed by atoms with van der Waals surface area (Å²) < 4.78 is 5.71. The number of hydrogen-bond donors (Lipinski definition) is 2. The molecule has 1 saturated heterocycles. The van der Waals surface area contributed by atoms with Crippen molar-refractivity contribution < 1.29 is 4.42 Å². The second-order valence-corrected chi connectivity index (χ2v) is 6.95. The minimum absolute atomic E-state index is 0.261. The highest BCUT2D eigenvalue weighted by Crippen LogP contribution is 2.24. The normalized spacial score (nSPS) is 18.3. The van der Waals surface area contributed by atoms with E-state index in [-0.39, 0.29) is 6.04 Å². The summed E-state index contributed by atoms with van der Waals surface area (Å²) >= 11 is 0. The molecule has 1 aliphatic rings. The summed E-state index contributed by atoms with van der Waals surface area (Å²) in [5.41, 5.74) is 0. The zero-order valence-corrected chi connectivity index (χ0v) is 17.0. The first kappa shape index (κ1) is 20.8. The molecule has 6 nitrogen and oxygen atoms in total. The molecule has 0 amide bonds. The lowest BCUT2D eigenvalue weighted by molar-refractivity contribution is 0.215. The van der Waals surface area contributed by atoms with E-state index in [0.29, 0.717) is 6.04 Å². The van der Waals surface area contributed by atoms with Gasteiger partial charge in [-0.25, -0.2) is 0 Å². The predicted molar refractivity (Wildman–Crippen MR) is 109 cm³/mol. The summed E-state index contributed by atoms with van der Waals surface area (Å²) in [5.74, 6) is 1.93. The van der Waals surface area contributed by atoms with Gasteiger partial charge in [-0.05, 0) is 65.0 Å². The van der Waals surface area contributed by atoms with E-state index >= 15 is 0 Å². The molecule has 2 unspecified atom stereocenters. The molecule has 0 radical (unpaired) electrons. The molecule has 0 saturated carbocycles. The van der Waals surface area contributed by atoms with Crippen LogP contribution in [-0.2, 0) is 0 Å². The van der Waals surface area contributed by atoms with Gasteiger partial charge in [0.2, 0.25) is 0 Å². The van der Waals surface area contributed by atoms with Gasteiger partial charge in [-0.3, -0.25) is 14.8 Å². The molecule has 6 heteroatoms. The Morgan fingerprint density at radius 1 is 1.23 bits per heavy atom. The molecule has 2 rings (SSSR count). The van der Waals surface area contributed by atoms with Gasteiger partial charge in [-0.2, -0.15) is 0 Å². The van der Waals surface area contributed by atoms with E-state index in [9.17, 15) is 0 Å². The van der Waals surface area contributed by atoms with Gasteiger partial charge in [0.25, 0.3) is 0 Å². The van der Waals surface area contributed by atoms with Crippen LogP contribution < -0.4 is 10.6 Å². The molecule has 2 heterocycles. The Bertz CT molecular complexity index is 506. The second-order valence-electron chi connectivity index (χ2n) is 6.95. The molecule has 0 spiro atoms. The number of nitrogens with one attached hydrogen (secondary N) is 2. The maximum Gasteiger partial charge on any atom is 0.191 e. The Labute approximate surface area is 159 Å². The summed E-state index contributed by atoms with van der Waals surface area (Å²) in [7, 11) is 0. The minimum Gasteiger partial charge on any atom is -0.468 e. The van der Waals surface area contributed by atoms with E-state index in [1.807, 2.05) is 6.07 Å². The van der Waals surface area contributed by atoms with Crippen molar-refractivity contribution in [3.05, 3.63) is 24.2 Å². The highest BCUT2D eigenvalue weighted by Gasteiger charge is 2.25. The number of nitrogens with zero attached hydrogens (tertiary/aromatic N) is 3. The third-order valence-corrected chi connectivity index (χ3v) is 5.21. The van der Waals surface area contributed by atoms with Crippen molar-refractivity contribution in [3.63, 3.8) is 0 Å². The number of guanidine groups is 1. The molecule has 1 fully saturated rings. The van der Waals surface area contributed by atoms with Gasteiger partial charge in [0.15, 0.2) is 5.96 Å². The second kappa shape index (κ2) is 11.2. The van der Waals surface area contributed by atoms with Crippen molar-refractivity contribution in [2.45, 2.75) is 52.6 Å². The van der Waals surface area contributed by atoms with Gasteiger partial charge >= 0.3 is 0 Å². The largest absolute Gasteiger partial charge is 0.468 e. The molecule has 0 aliphatic carbocycles. The van der Waals surface area contributed by atoms with Crippen molar-refractivity contribution in [1.82, 2.24) is 20.4 Å². The van der Waals surface area contributed by atoms with Crippen LogP contribution in [0.25, 0.3) is 0 Å². The van der Waals surface area contributed by atoms with Gasteiger partial charge in [0.05, 0.1) is 18.8 Å².